The summed E-state index contributed by atoms with van der Waals surface area (Å²) in [5.74, 6) is -0.122. The van der Waals surface area contributed by atoms with E-state index in [1.54, 1.807) is 0 Å². The third-order valence-corrected chi connectivity index (χ3v) is 3.56. The molecule has 0 aromatic carbocycles. The van der Waals surface area contributed by atoms with Crippen LogP contribution in [0.25, 0.3) is 0 Å². The van der Waals surface area contributed by atoms with Gasteiger partial charge in [-0.3, -0.25) is 9.59 Å². The molecule has 1 atom stereocenters. The van der Waals surface area contributed by atoms with Crippen molar-refractivity contribution >= 4 is 11.8 Å². The normalized spacial score (nSPS) is 31.8. The number of methoxy groups -OCH3 is 1. The second kappa shape index (κ2) is 2.82. The molecule has 0 saturated heterocycles. The quantitative estimate of drug-likeness (QED) is 0.581. The molecule has 0 aliphatic heterocycles. The summed E-state index contributed by atoms with van der Waals surface area (Å²) in [7, 11) is 1.37. The molecule has 1 saturated carbocycles. The summed E-state index contributed by atoms with van der Waals surface area (Å²) < 4.78 is 4.73. The Labute approximate surface area is 78.5 Å². The number of Topliss-reactive ketones (excluding diaryl/α,β-unsaturated/α-hetero) is 1. The number of hydrogen-bond acceptors (Lipinski definition) is 3. The van der Waals surface area contributed by atoms with Crippen LogP contribution in [0.5, 0.6) is 0 Å². The van der Waals surface area contributed by atoms with E-state index < -0.39 is 10.8 Å². The van der Waals surface area contributed by atoms with E-state index in [0.717, 1.165) is 0 Å². The Kier molecular flexibility index (Phi) is 2.22. The summed E-state index contributed by atoms with van der Waals surface area (Å²) in [5.41, 5.74) is -1.22. The summed E-state index contributed by atoms with van der Waals surface area (Å²) in [4.78, 5) is 23.0. The third kappa shape index (κ3) is 1.18. The van der Waals surface area contributed by atoms with Crippen LogP contribution in [0.4, 0.5) is 0 Å². The maximum absolute atomic E-state index is 11.5. The van der Waals surface area contributed by atoms with Gasteiger partial charge in [-0.05, 0) is 13.3 Å². The minimum Gasteiger partial charge on any atom is -0.469 e. The van der Waals surface area contributed by atoms with Crippen molar-refractivity contribution in [3.05, 3.63) is 0 Å². The zero-order valence-corrected chi connectivity index (χ0v) is 8.64. The highest BCUT2D eigenvalue weighted by Gasteiger charge is 2.56. The SMILES string of the molecule is COC(=O)[C@]1(C)CCC(=O)C1(C)C. The largest absolute Gasteiger partial charge is 0.469 e. The molecule has 0 amide bonds. The molecule has 0 radical (unpaired) electrons. The van der Waals surface area contributed by atoms with Gasteiger partial charge in [0.1, 0.15) is 5.78 Å². The first-order valence-corrected chi connectivity index (χ1v) is 4.48. The Morgan fingerprint density at radius 3 is 2.23 bits per heavy atom. The van der Waals surface area contributed by atoms with E-state index in [9.17, 15) is 9.59 Å². The lowest BCUT2D eigenvalue weighted by Gasteiger charge is -2.33. The lowest BCUT2D eigenvalue weighted by atomic mass is 9.69. The van der Waals surface area contributed by atoms with Gasteiger partial charge in [-0.25, -0.2) is 0 Å². The van der Waals surface area contributed by atoms with Gasteiger partial charge >= 0.3 is 5.97 Å². The van der Waals surface area contributed by atoms with Crippen LogP contribution < -0.4 is 0 Å². The fourth-order valence-corrected chi connectivity index (χ4v) is 1.88. The number of ketones is 1. The van der Waals surface area contributed by atoms with Crippen molar-refractivity contribution in [2.45, 2.75) is 33.6 Å². The molecule has 0 spiro atoms. The van der Waals surface area contributed by atoms with Gasteiger partial charge in [0.2, 0.25) is 0 Å². The van der Waals surface area contributed by atoms with E-state index in [1.807, 2.05) is 20.8 Å². The van der Waals surface area contributed by atoms with Gasteiger partial charge in [0.05, 0.1) is 12.5 Å². The Morgan fingerprint density at radius 1 is 1.38 bits per heavy atom. The van der Waals surface area contributed by atoms with Crippen LogP contribution in [-0.4, -0.2) is 18.9 Å². The minimum absolute atomic E-state index is 0.153. The predicted molar refractivity (Wildman–Crippen MR) is 48.1 cm³/mol. The summed E-state index contributed by atoms with van der Waals surface area (Å²) in [6.07, 6.45) is 1.09. The summed E-state index contributed by atoms with van der Waals surface area (Å²) in [6.45, 7) is 5.45. The zero-order chi connectivity index (χ0) is 10.3. The smallest absolute Gasteiger partial charge is 0.312 e. The van der Waals surface area contributed by atoms with Crippen molar-refractivity contribution in [1.29, 1.82) is 0 Å². The Hall–Kier alpha value is -0.860. The average Bonchev–Trinajstić information content (AvgIpc) is 2.29. The van der Waals surface area contributed by atoms with Crippen LogP contribution >= 0.6 is 0 Å². The monoisotopic (exact) mass is 184 g/mol. The van der Waals surface area contributed by atoms with E-state index in [2.05, 4.69) is 0 Å². The number of hydrogen-bond donors (Lipinski definition) is 0. The van der Waals surface area contributed by atoms with Crippen molar-refractivity contribution < 1.29 is 14.3 Å². The minimum atomic E-state index is -0.640. The van der Waals surface area contributed by atoms with Crippen LogP contribution in [0, 0.1) is 10.8 Å². The number of carbonyl (C=O) groups is 2. The lowest BCUT2D eigenvalue weighted by Crippen LogP contribution is -2.41. The highest BCUT2D eigenvalue weighted by Crippen LogP contribution is 2.50. The van der Waals surface area contributed by atoms with Gasteiger partial charge in [0.25, 0.3) is 0 Å². The molecular formula is C10H16O3. The third-order valence-electron chi connectivity index (χ3n) is 3.56. The molecule has 0 unspecified atom stereocenters. The van der Waals surface area contributed by atoms with Crippen molar-refractivity contribution in [2.75, 3.05) is 7.11 Å². The Morgan fingerprint density at radius 2 is 1.92 bits per heavy atom. The fraction of sp³-hybridized carbons (Fsp3) is 0.800. The summed E-state index contributed by atoms with van der Waals surface area (Å²) in [6, 6.07) is 0. The first-order valence-electron chi connectivity index (χ1n) is 4.48. The summed E-state index contributed by atoms with van der Waals surface area (Å²) >= 11 is 0. The summed E-state index contributed by atoms with van der Waals surface area (Å²) in [5, 5.41) is 0. The molecule has 1 fully saturated rings. The highest BCUT2D eigenvalue weighted by molar-refractivity contribution is 5.95. The van der Waals surface area contributed by atoms with Crippen LogP contribution in [0.1, 0.15) is 33.6 Å². The second-order valence-corrected chi connectivity index (χ2v) is 4.37. The molecule has 3 heteroatoms. The van der Waals surface area contributed by atoms with E-state index in [4.69, 9.17) is 4.74 Å². The van der Waals surface area contributed by atoms with Gasteiger partial charge in [-0.2, -0.15) is 0 Å². The first-order chi connectivity index (χ1) is 5.86. The number of ether oxygens (including phenoxy) is 1. The molecule has 1 aliphatic rings. The van der Waals surface area contributed by atoms with Crippen molar-refractivity contribution in [2.24, 2.45) is 10.8 Å². The zero-order valence-electron chi connectivity index (χ0n) is 8.64. The van der Waals surface area contributed by atoms with E-state index >= 15 is 0 Å². The molecule has 1 rings (SSSR count). The molecule has 1 aliphatic carbocycles. The molecule has 3 nitrogen and oxygen atoms in total. The molecule has 74 valence electrons. The van der Waals surface area contributed by atoms with Gasteiger partial charge in [0, 0.05) is 11.8 Å². The standard InChI is InChI=1S/C10H16O3/c1-9(2)7(11)5-6-10(9,3)8(12)13-4/h5-6H2,1-4H3/t10-/m0/s1. The van der Waals surface area contributed by atoms with Crippen LogP contribution in [0.2, 0.25) is 0 Å². The van der Waals surface area contributed by atoms with Crippen LogP contribution in [0.3, 0.4) is 0 Å². The molecule has 0 aromatic heterocycles. The predicted octanol–water partition coefficient (Wildman–Crippen LogP) is 1.55. The Bertz CT molecular complexity index is 255. The fourth-order valence-electron chi connectivity index (χ4n) is 1.88. The first kappa shape index (κ1) is 10.2. The topological polar surface area (TPSA) is 43.4 Å². The molecule has 13 heavy (non-hydrogen) atoms. The van der Waals surface area contributed by atoms with Crippen LogP contribution in [-0.2, 0) is 14.3 Å². The molecule has 0 heterocycles. The Balaban J connectivity index is 3.05. The maximum atomic E-state index is 11.5. The van der Waals surface area contributed by atoms with Gasteiger partial charge in [-0.15, -0.1) is 0 Å². The molecular weight excluding hydrogens is 168 g/mol. The van der Waals surface area contributed by atoms with E-state index in [1.165, 1.54) is 7.11 Å². The van der Waals surface area contributed by atoms with E-state index in [0.29, 0.717) is 12.8 Å². The van der Waals surface area contributed by atoms with Crippen molar-refractivity contribution in [3.63, 3.8) is 0 Å². The molecule has 0 aromatic rings. The number of esters is 1. The number of carbonyl (C=O) groups excluding carboxylic acids is 2. The van der Waals surface area contributed by atoms with E-state index in [-0.39, 0.29) is 11.8 Å². The maximum Gasteiger partial charge on any atom is 0.312 e. The second-order valence-electron chi connectivity index (χ2n) is 4.37. The molecule has 0 N–H and O–H groups in total. The lowest BCUT2D eigenvalue weighted by molar-refractivity contribution is -0.159. The highest BCUT2D eigenvalue weighted by atomic mass is 16.5. The van der Waals surface area contributed by atoms with Gasteiger partial charge in [-0.1, -0.05) is 13.8 Å². The van der Waals surface area contributed by atoms with Crippen LogP contribution in [0.15, 0.2) is 0 Å². The van der Waals surface area contributed by atoms with Crippen molar-refractivity contribution in [3.8, 4) is 0 Å². The van der Waals surface area contributed by atoms with Crippen molar-refractivity contribution in [1.82, 2.24) is 0 Å². The van der Waals surface area contributed by atoms with Gasteiger partial charge in [0.15, 0.2) is 0 Å². The van der Waals surface area contributed by atoms with Gasteiger partial charge < -0.3 is 4.74 Å². The number of rotatable bonds is 1. The average molecular weight is 184 g/mol. The molecule has 0 bridgehead atoms.